The van der Waals surface area contributed by atoms with Crippen molar-refractivity contribution in [3.8, 4) is 5.69 Å². The van der Waals surface area contributed by atoms with Crippen molar-refractivity contribution in [3.05, 3.63) is 102 Å². The Labute approximate surface area is 292 Å². The fraction of sp³-hybridized carbons (Fsp3) is 0.353. The smallest absolute Gasteiger partial charge is 0.434 e. The van der Waals surface area contributed by atoms with Crippen LogP contribution >= 0.6 is 0 Å². The molecule has 4 aromatic rings. The summed E-state index contributed by atoms with van der Waals surface area (Å²) in [5.41, 5.74) is 0.118. The zero-order valence-electron chi connectivity index (χ0n) is 27.8. The van der Waals surface area contributed by atoms with E-state index in [1.165, 1.54) is 38.2 Å². The number of benzene rings is 3. The summed E-state index contributed by atoms with van der Waals surface area (Å²) >= 11 is 0. The summed E-state index contributed by atoms with van der Waals surface area (Å²) in [5.74, 6) is -1.78. The number of carbonyl (C=O) groups is 2. The van der Waals surface area contributed by atoms with E-state index in [9.17, 15) is 19.1 Å². The number of rotatable bonds is 15. The van der Waals surface area contributed by atoms with Gasteiger partial charge in [-0.05, 0) is 53.2 Å². The molecule has 17 heteroatoms. The fourth-order valence-electron chi connectivity index (χ4n) is 5.89. The molecule has 6 rings (SSSR count). The van der Waals surface area contributed by atoms with Crippen LogP contribution in [0.5, 0.6) is 0 Å². The molecule has 2 atom stereocenters. The Kier molecular flexibility index (Phi) is 11.0. The first kappa shape index (κ1) is 35.2. The quantitative estimate of drug-likeness (QED) is 0.143. The zero-order valence-corrected chi connectivity index (χ0v) is 27.8. The Morgan fingerprint density at radius 3 is 2.53 bits per heavy atom. The van der Waals surface area contributed by atoms with E-state index in [4.69, 9.17) is 14.2 Å². The van der Waals surface area contributed by atoms with Gasteiger partial charge in [0.2, 0.25) is 0 Å². The first-order valence-corrected chi connectivity index (χ1v) is 16.2. The number of β-amino-alcohol motifs (C(OH)–C–C–N with tert-alkyl or cyclic N) is 1. The van der Waals surface area contributed by atoms with Gasteiger partial charge >= 0.3 is 12.2 Å². The minimum atomic E-state index is -2.04. The van der Waals surface area contributed by atoms with Crippen LogP contribution < -0.4 is 4.90 Å². The maximum Gasteiger partial charge on any atom is 0.510 e. The summed E-state index contributed by atoms with van der Waals surface area (Å²) in [6, 6.07) is 18.3. The van der Waals surface area contributed by atoms with Gasteiger partial charge in [0, 0.05) is 36.8 Å². The lowest BCUT2D eigenvalue weighted by molar-refractivity contribution is -0.0602. The van der Waals surface area contributed by atoms with Gasteiger partial charge in [0.05, 0.1) is 38.1 Å². The Balaban J connectivity index is 1.03. The van der Waals surface area contributed by atoms with E-state index in [1.54, 1.807) is 36.1 Å². The van der Waals surface area contributed by atoms with Gasteiger partial charge in [0.15, 0.2) is 6.73 Å². The van der Waals surface area contributed by atoms with Gasteiger partial charge in [-0.3, -0.25) is 9.91 Å². The van der Waals surface area contributed by atoms with Crippen LogP contribution in [-0.4, -0.2) is 111 Å². The molecule has 1 aromatic heterocycles. The lowest BCUT2D eigenvalue weighted by Crippen LogP contribution is -2.55. The molecule has 1 saturated heterocycles. The van der Waals surface area contributed by atoms with Gasteiger partial charge in [0.25, 0.3) is 0 Å². The summed E-state index contributed by atoms with van der Waals surface area (Å²) in [6.07, 6.45) is 2.47. The largest absolute Gasteiger partial charge is 0.510 e. The number of hydrogen-bond acceptors (Lipinski definition) is 12. The average Bonchev–Trinajstić information content (AvgIpc) is 3.91. The van der Waals surface area contributed by atoms with Crippen molar-refractivity contribution in [2.75, 3.05) is 51.1 Å². The van der Waals surface area contributed by atoms with Gasteiger partial charge in [-0.1, -0.05) is 36.4 Å². The monoisotopic (exact) mass is 705 g/mol. The van der Waals surface area contributed by atoms with Gasteiger partial charge in [-0.15, -0.1) is 5.10 Å². The van der Waals surface area contributed by atoms with Crippen LogP contribution in [0.2, 0.25) is 0 Å². The molecule has 3 aromatic carbocycles. The minimum Gasteiger partial charge on any atom is -0.434 e. The summed E-state index contributed by atoms with van der Waals surface area (Å²) in [7, 11) is 0. The highest BCUT2D eigenvalue weighted by Crippen LogP contribution is 2.35. The molecule has 268 valence electrons. The molecular formula is C34H37F2N9O6. The number of hydrogen-bond donors (Lipinski definition) is 1. The molecule has 15 nitrogen and oxygen atoms in total. The number of nitrogens with zero attached hydrogens (tertiary/aromatic N) is 9. The number of aliphatic hydroxyl groups is 1. The molecule has 2 aliphatic rings. The van der Waals surface area contributed by atoms with Crippen LogP contribution in [0.1, 0.15) is 24.5 Å². The van der Waals surface area contributed by atoms with Crippen molar-refractivity contribution in [1.82, 2.24) is 35.0 Å². The minimum absolute atomic E-state index is 0.0617. The van der Waals surface area contributed by atoms with E-state index in [0.29, 0.717) is 43.6 Å². The third kappa shape index (κ3) is 8.38. The number of tetrazole rings is 1. The average molecular weight is 706 g/mol. The van der Waals surface area contributed by atoms with Crippen molar-refractivity contribution in [2.24, 2.45) is 5.10 Å². The molecular weight excluding hydrogens is 668 g/mol. The van der Waals surface area contributed by atoms with Crippen LogP contribution in [-0.2, 0) is 26.4 Å². The van der Waals surface area contributed by atoms with Crippen molar-refractivity contribution in [1.29, 1.82) is 0 Å². The normalized spacial score (nSPS) is 16.1. The predicted octanol–water partition coefficient (Wildman–Crippen LogP) is 3.69. The summed E-state index contributed by atoms with van der Waals surface area (Å²) in [5, 5.41) is 29.1. The van der Waals surface area contributed by atoms with E-state index < -0.39 is 35.5 Å². The maximum absolute atomic E-state index is 15.3. The SMILES string of the molecule is C[C@@H](N1CCN(c2ccc(-n3cnnn3)cc2)C1=O)[C@@](O)(CN1CN(COC(=O)OCCCOCc2ccccc2)C=N1)c1ccc(F)cc1F. The van der Waals surface area contributed by atoms with Crippen molar-refractivity contribution in [2.45, 2.75) is 31.6 Å². The molecule has 0 saturated carbocycles. The van der Waals surface area contributed by atoms with E-state index in [-0.39, 0.29) is 38.7 Å². The summed E-state index contributed by atoms with van der Waals surface area (Å²) in [4.78, 5) is 30.4. The molecule has 1 fully saturated rings. The van der Waals surface area contributed by atoms with Crippen molar-refractivity contribution >= 4 is 24.2 Å². The van der Waals surface area contributed by atoms with Crippen molar-refractivity contribution in [3.63, 3.8) is 0 Å². The van der Waals surface area contributed by atoms with Crippen LogP contribution in [0.4, 0.5) is 24.1 Å². The third-order valence-electron chi connectivity index (χ3n) is 8.63. The lowest BCUT2D eigenvalue weighted by Gasteiger charge is -2.41. The standard InChI is InChI=1S/C34H37F2N9O6/c1-25(43-14-15-44(32(43)46)28-9-11-29(12-10-28)45-21-37-39-40-45)34(48,30-13-8-27(35)18-31(30)36)20-42-23-41(22-38-42)24-51-33(47)50-17-5-16-49-19-26-6-3-2-4-7-26/h2-4,6-13,18,21-22,25,48H,5,14-17,19-20,23-24H2,1H3/t25-,34+/m1/s1. The number of carbonyl (C=O) groups excluding carboxylic acids is 2. The first-order valence-electron chi connectivity index (χ1n) is 16.2. The highest BCUT2D eigenvalue weighted by Gasteiger charge is 2.47. The summed E-state index contributed by atoms with van der Waals surface area (Å²) in [6.45, 7) is 2.70. The Bertz CT molecular complexity index is 1800. The van der Waals surface area contributed by atoms with E-state index >= 15 is 4.39 Å². The van der Waals surface area contributed by atoms with E-state index in [2.05, 4.69) is 20.6 Å². The highest BCUT2D eigenvalue weighted by molar-refractivity contribution is 5.94. The fourth-order valence-corrected chi connectivity index (χ4v) is 5.89. The number of ether oxygens (including phenoxy) is 3. The number of urea groups is 1. The Morgan fingerprint density at radius 2 is 1.78 bits per heavy atom. The molecule has 0 bridgehead atoms. The molecule has 0 aliphatic carbocycles. The number of anilines is 1. The molecule has 3 heterocycles. The molecule has 0 radical (unpaired) electrons. The maximum atomic E-state index is 15.3. The second-order valence-corrected chi connectivity index (χ2v) is 12.0. The highest BCUT2D eigenvalue weighted by atomic mass is 19.1. The zero-order chi connectivity index (χ0) is 35.8. The van der Waals surface area contributed by atoms with Crippen LogP contribution in [0.15, 0.2) is 84.2 Å². The number of hydrazone groups is 1. The number of aromatic nitrogens is 4. The van der Waals surface area contributed by atoms with Crippen LogP contribution in [0.25, 0.3) is 5.69 Å². The second kappa shape index (κ2) is 15.9. The van der Waals surface area contributed by atoms with E-state index in [0.717, 1.165) is 11.6 Å². The van der Waals surface area contributed by atoms with E-state index in [1.807, 2.05) is 30.3 Å². The Morgan fingerprint density at radius 1 is 1.00 bits per heavy atom. The molecule has 1 N–H and O–H groups in total. The van der Waals surface area contributed by atoms with Gasteiger partial charge in [0.1, 0.15) is 36.6 Å². The van der Waals surface area contributed by atoms with Crippen LogP contribution in [0, 0.1) is 11.6 Å². The third-order valence-corrected chi connectivity index (χ3v) is 8.63. The summed E-state index contributed by atoms with van der Waals surface area (Å²) < 4.78 is 46.6. The lowest BCUT2D eigenvalue weighted by atomic mass is 9.85. The Hall–Kier alpha value is -5.68. The predicted molar refractivity (Wildman–Crippen MR) is 178 cm³/mol. The molecule has 2 amide bonds. The van der Waals surface area contributed by atoms with Gasteiger partial charge < -0.3 is 29.1 Å². The van der Waals surface area contributed by atoms with Gasteiger partial charge in [-0.2, -0.15) is 5.10 Å². The molecule has 2 aliphatic heterocycles. The first-order chi connectivity index (χ1) is 24.7. The molecule has 0 spiro atoms. The van der Waals surface area contributed by atoms with Crippen LogP contribution in [0.3, 0.4) is 0 Å². The molecule has 0 unspecified atom stereocenters. The molecule has 51 heavy (non-hydrogen) atoms. The number of halogens is 2. The van der Waals surface area contributed by atoms with Gasteiger partial charge in [-0.25, -0.2) is 23.1 Å². The second-order valence-electron chi connectivity index (χ2n) is 12.0. The topological polar surface area (TPSA) is 151 Å². The number of amides is 2. The van der Waals surface area contributed by atoms with Crippen molar-refractivity contribution < 1.29 is 37.7 Å².